The van der Waals surface area contributed by atoms with Gasteiger partial charge in [-0.25, -0.2) is 0 Å². The molecule has 142 valence electrons. The minimum atomic E-state index is -0.152. The van der Waals surface area contributed by atoms with Gasteiger partial charge in [-0.1, -0.05) is 0 Å². The second-order valence-corrected chi connectivity index (χ2v) is 6.93. The van der Waals surface area contributed by atoms with Gasteiger partial charge in [0.2, 0.25) is 5.91 Å². The smallest absolute Gasteiger partial charge is 0.237 e. The van der Waals surface area contributed by atoms with Gasteiger partial charge in [-0.3, -0.25) is 19.7 Å². The van der Waals surface area contributed by atoms with Gasteiger partial charge in [0.1, 0.15) is 11.9 Å². The van der Waals surface area contributed by atoms with Crippen molar-refractivity contribution >= 4 is 5.91 Å². The van der Waals surface area contributed by atoms with Crippen LogP contribution >= 0.6 is 0 Å². The van der Waals surface area contributed by atoms with E-state index in [-0.39, 0.29) is 18.1 Å². The quantitative estimate of drug-likeness (QED) is 0.857. The van der Waals surface area contributed by atoms with Gasteiger partial charge in [0.15, 0.2) is 0 Å². The summed E-state index contributed by atoms with van der Waals surface area (Å²) in [5, 5.41) is 3.03. The van der Waals surface area contributed by atoms with Crippen molar-refractivity contribution in [3.8, 4) is 17.0 Å². The summed E-state index contributed by atoms with van der Waals surface area (Å²) in [6, 6.07) is 5.90. The molecule has 7 heteroatoms. The zero-order valence-corrected chi connectivity index (χ0v) is 15.4. The molecule has 27 heavy (non-hydrogen) atoms. The molecule has 0 radical (unpaired) electrons. The van der Waals surface area contributed by atoms with E-state index in [0.29, 0.717) is 19.8 Å². The maximum atomic E-state index is 12.4. The third kappa shape index (κ3) is 4.09. The second kappa shape index (κ2) is 8.02. The molecule has 2 atom stereocenters. The molecular formula is C20H24N4O3. The first-order chi connectivity index (χ1) is 13.2. The number of benzene rings is 1. The molecule has 0 bridgehead atoms. The van der Waals surface area contributed by atoms with Gasteiger partial charge in [-0.2, -0.15) is 0 Å². The molecule has 0 spiro atoms. The Morgan fingerprint density at radius 3 is 2.96 bits per heavy atom. The Morgan fingerprint density at radius 1 is 1.33 bits per heavy atom. The molecule has 1 amide bonds. The van der Waals surface area contributed by atoms with Crippen LogP contribution in [0.15, 0.2) is 36.8 Å². The van der Waals surface area contributed by atoms with Crippen molar-refractivity contribution < 1.29 is 14.3 Å². The van der Waals surface area contributed by atoms with Crippen molar-refractivity contribution in [3.63, 3.8) is 0 Å². The van der Waals surface area contributed by atoms with Crippen LogP contribution in [0.2, 0.25) is 0 Å². The number of fused-ring (bicyclic) bond motifs is 1. The summed E-state index contributed by atoms with van der Waals surface area (Å²) < 4.78 is 11.3. The Balaban J connectivity index is 1.33. The van der Waals surface area contributed by atoms with E-state index in [1.165, 1.54) is 0 Å². The molecule has 1 aromatic heterocycles. The number of carbonyl (C=O) groups excluding carboxylic acids is 1. The van der Waals surface area contributed by atoms with Gasteiger partial charge < -0.3 is 14.8 Å². The van der Waals surface area contributed by atoms with Gasteiger partial charge >= 0.3 is 0 Å². The number of amides is 1. The van der Waals surface area contributed by atoms with Crippen LogP contribution in [-0.4, -0.2) is 65.8 Å². The van der Waals surface area contributed by atoms with E-state index >= 15 is 0 Å². The standard InChI is InChI=1S/C20H24N4O3/c1-14(24-6-8-26-9-7-24)20(25)23-12-17-11-16-10-15(2-3-19(16)27-17)18-13-21-4-5-22-18/h2-5,10,13-14,17H,6-9,11-12H2,1H3,(H,23,25). The summed E-state index contributed by atoms with van der Waals surface area (Å²) in [5.74, 6) is 0.917. The normalized spacial score (nSPS) is 20.6. The number of nitrogens with one attached hydrogen (secondary N) is 1. The molecule has 1 saturated heterocycles. The molecule has 2 aliphatic rings. The van der Waals surface area contributed by atoms with Crippen LogP contribution in [0, 0.1) is 0 Å². The number of hydrogen-bond donors (Lipinski definition) is 1. The Bertz CT molecular complexity index is 793. The van der Waals surface area contributed by atoms with Crippen LogP contribution in [-0.2, 0) is 16.0 Å². The lowest BCUT2D eigenvalue weighted by atomic mass is 10.0. The maximum Gasteiger partial charge on any atom is 0.237 e. The molecule has 0 aliphatic carbocycles. The summed E-state index contributed by atoms with van der Waals surface area (Å²) in [7, 11) is 0. The minimum Gasteiger partial charge on any atom is -0.488 e. The highest BCUT2D eigenvalue weighted by Gasteiger charge is 2.27. The van der Waals surface area contributed by atoms with Crippen LogP contribution in [0.3, 0.4) is 0 Å². The highest BCUT2D eigenvalue weighted by molar-refractivity contribution is 5.81. The van der Waals surface area contributed by atoms with Crippen LogP contribution in [0.4, 0.5) is 0 Å². The number of hydrogen-bond acceptors (Lipinski definition) is 6. The third-order valence-corrected chi connectivity index (χ3v) is 5.14. The number of rotatable bonds is 5. The van der Waals surface area contributed by atoms with Crippen LogP contribution in [0.1, 0.15) is 12.5 Å². The van der Waals surface area contributed by atoms with Crippen LogP contribution in [0.25, 0.3) is 11.3 Å². The first-order valence-corrected chi connectivity index (χ1v) is 9.36. The summed E-state index contributed by atoms with van der Waals surface area (Å²) in [6.45, 7) is 5.41. The highest BCUT2D eigenvalue weighted by atomic mass is 16.5. The monoisotopic (exact) mass is 368 g/mol. The highest BCUT2D eigenvalue weighted by Crippen LogP contribution is 2.32. The summed E-state index contributed by atoms with van der Waals surface area (Å²) in [4.78, 5) is 23.1. The van der Waals surface area contributed by atoms with E-state index in [1.54, 1.807) is 18.6 Å². The zero-order valence-electron chi connectivity index (χ0n) is 15.4. The van der Waals surface area contributed by atoms with Crippen molar-refractivity contribution in [3.05, 3.63) is 42.4 Å². The van der Waals surface area contributed by atoms with E-state index in [9.17, 15) is 4.79 Å². The van der Waals surface area contributed by atoms with Crippen molar-refractivity contribution in [1.29, 1.82) is 0 Å². The Hall–Kier alpha value is -2.51. The maximum absolute atomic E-state index is 12.4. The lowest BCUT2D eigenvalue weighted by molar-refractivity contribution is -0.127. The van der Waals surface area contributed by atoms with E-state index in [0.717, 1.165) is 42.1 Å². The van der Waals surface area contributed by atoms with E-state index in [1.807, 2.05) is 19.1 Å². The Morgan fingerprint density at radius 2 is 2.19 bits per heavy atom. The van der Waals surface area contributed by atoms with E-state index in [4.69, 9.17) is 9.47 Å². The Kier molecular flexibility index (Phi) is 5.31. The zero-order chi connectivity index (χ0) is 18.6. The summed E-state index contributed by atoms with van der Waals surface area (Å²) in [6.07, 6.45) is 5.83. The van der Waals surface area contributed by atoms with Crippen molar-refractivity contribution in [2.45, 2.75) is 25.5 Å². The molecule has 1 aromatic carbocycles. The number of ether oxygens (including phenoxy) is 2. The number of nitrogens with zero attached hydrogens (tertiary/aromatic N) is 3. The van der Waals surface area contributed by atoms with Crippen LogP contribution < -0.4 is 10.1 Å². The van der Waals surface area contributed by atoms with E-state index in [2.05, 4.69) is 26.3 Å². The fraction of sp³-hybridized carbons (Fsp3) is 0.450. The van der Waals surface area contributed by atoms with Gasteiger partial charge in [-0.15, -0.1) is 0 Å². The topological polar surface area (TPSA) is 76.6 Å². The molecule has 2 unspecified atom stereocenters. The Labute approximate surface area is 158 Å². The molecule has 4 rings (SSSR count). The molecule has 0 saturated carbocycles. The average Bonchev–Trinajstić information content (AvgIpc) is 3.15. The minimum absolute atomic E-state index is 0.0386. The molecule has 2 aliphatic heterocycles. The van der Waals surface area contributed by atoms with Crippen molar-refractivity contribution in [2.24, 2.45) is 0 Å². The third-order valence-electron chi connectivity index (χ3n) is 5.14. The van der Waals surface area contributed by atoms with Crippen LogP contribution in [0.5, 0.6) is 5.75 Å². The molecule has 2 aromatic rings. The van der Waals surface area contributed by atoms with Gasteiger partial charge in [0.05, 0.1) is 37.7 Å². The first kappa shape index (κ1) is 17.9. The molecule has 7 nitrogen and oxygen atoms in total. The number of carbonyl (C=O) groups is 1. The van der Waals surface area contributed by atoms with Gasteiger partial charge in [0, 0.05) is 37.5 Å². The molecule has 3 heterocycles. The molecule has 1 fully saturated rings. The summed E-state index contributed by atoms with van der Waals surface area (Å²) >= 11 is 0. The number of morpholine rings is 1. The SMILES string of the molecule is CC(C(=O)NCC1Cc2cc(-c3cnccn3)ccc2O1)N1CCOCC1. The van der Waals surface area contributed by atoms with Gasteiger partial charge in [0.25, 0.3) is 0 Å². The fourth-order valence-electron chi connectivity index (χ4n) is 3.53. The fourth-order valence-corrected chi connectivity index (χ4v) is 3.53. The molecular weight excluding hydrogens is 344 g/mol. The van der Waals surface area contributed by atoms with Crippen molar-refractivity contribution in [1.82, 2.24) is 20.2 Å². The largest absolute Gasteiger partial charge is 0.488 e. The van der Waals surface area contributed by atoms with Crippen molar-refractivity contribution in [2.75, 3.05) is 32.8 Å². The summed E-state index contributed by atoms with van der Waals surface area (Å²) in [5.41, 5.74) is 3.01. The predicted octanol–water partition coefficient (Wildman–Crippen LogP) is 1.28. The van der Waals surface area contributed by atoms with Gasteiger partial charge in [-0.05, 0) is 30.7 Å². The average molecular weight is 368 g/mol. The predicted molar refractivity (Wildman–Crippen MR) is 100 cm³/mol. The van der Waals surface area contributed by atoms with E-state index < -0.39 is 0 Å². The first-order valence-electron chi connectivity index (χ1n) is 9.36. The lowest BCUT2D eigenvalue weighted by Gasteiger charge is -2.31. The number of aromatic nitrogens is 2. The lowest BCUT2D eigenvalue weighted by Crippen LogP contribution is -2.50. The molecule has 1 N–H and O–H groups in total. The second-order valence-electron chi connectivity index (χ2n) is 6.93.